The van der Waals surface area contributed by atoms with Gasteiger partial charge in [0.25, 0.3) is 0 Å². The Morgan fingerprint density at radius 1 is 1.23 bits per heavy atom. The number of benzene rings is 1. The molecule has 1 aliphatic heterocycles. The number of alkyl halides is 3. The van der Waals surface area contributed by atoms with Crippen LogP contribution in [0.5, 0.6) is 5.75 Å². The fourth-order valence-electron chi connectivity index (χ4n) is 2.75. The highest BCUT2D eigenvalue weighted by Gasteiger charge is 2.31. The second-order valence-corrected chi connectivity index (χ2v) is 5.57. The van der Waals surface area contributed by atoms with Gasteiger partial charge in [-0.1, -0.05) is 6.07 Å². The fourth-order valence-corrected chi connectivity index (χ4v) is 2.75. The van der Waals surface area contributed by atoms with E-state index < -0.39 is 11.7 Å². The SMILES string of the molecule is COc1cc(C(F)(F)F)ccc1CCCN1CCCNCC1. The molecule has 124 valence electrons. The maximum atomic E-state index is 12.7. The van der Waals surface area contributed by atoms with Gasteiger partial charge in [0.2, 0.25) is 0 Å². The molecule has 6 heteroatoms. The molecule has 1 aromatic carbocycles. The zero-order valence-corrected chi connectivity index (χ0v) is 12.9. The highest BCUT2D eigenvalue weighted by molar-refractivity contribution is 5.38. The van der Waals surface area contributed by atoms with Crippen LogP contribution in [0.1, 0.15) is 24.0 Å². The zero-order valence-electron chi connectivity index (χ0n) is 12.9. The number of aryl methyl sites for hydroxylation is 1. The number of ether oxygens (including phenoxy) is 1. The van der Waals surface area contributed by atoms with Crippen molar-refractivity contribution in [1.82, 2.24) is 10.2 Å². The molecule has 0 atom stereocenters. The molecule has 0 radical (unpaired) electrons. The third-order valence-corrected chi connectivity index (χ3v) is 3.97. The molecule has 0 aliphatic carbocycles. The molecule has 22 heavy (non-hydrogen) atoms. The Labute approximate surface area is 129 Å². The van der Waals surface area contributed by atoms with Crippen LogP contribution >= 0.6 is 0 Å². The van der Waals surface area contributed by atoms with E-state index in [-0.39, 0.29) is 0 Å². The van der Waals surface area contributed by atoms with Crippen molar-refractivity contribution >= 4 is 0 Å². The summed E-state index contributed by atoms with van der Waals surface area (Å²) in [6.07, 6.45) is -1.54. The Morgan fingerprint density at radius 3 is 2.77 bits per heavy atom. The van der Waals surface area contributed by atoms with Gasteiger partial charge < -0.3 is 15.0 Å². The lowest BCUT2D eigenvalue weighted by Crippen LogP contribution is -2.29. The second kappa shape index (κ2) is 7.83. The van der Waals surface area contributed by atoms with E-state index in [1.54, 1.807) is 0 Å². The van der Waals surface area contributed by atoms with Gasteiger partial charge in [-0.15, -0.1) is 0 Å². The molecule has 0 bridgehead atoms. The van der Waals surface area contributed by atoms with Crippen molar-refractivity contribution in [2.75, 3.05) is 39.8 Å². The summed E-state index contributed by atoms with van der Waals surface area (Å²) in [6, 6.07) is 3.75. The van der Waals surface area contributed by atoms with Crippen LogP contribution in [0.25, 0.3) is 0 Å². The summed E-state index contributed by atoms with van der Waals surface area (Å²) >= 11 is 0. The van der Waals surface area contributed by atoms with Crippen LogP contribution in [0.15, 0.2) is 18.2 Å². The Hall–Kier alpha value is -1.27. The lowest BCUT2D eigenvalue weighted by Gasteiger charge is -2.19. The molecule has 2 rings (SSSR count). The standard InChI is InChI=1S/C16H23F3N2O/c1-22-15-12-14(16(17,18)19)6-5-13(15)4-2-9-21-10-3-7-20-8-11-21/h5-6,12,20H,2-4,7-11H2,1H3. The first-order valence-corrected chi connectivity index (χ1v) is 7.68. The number of nitrogens with zero attached hydrogens (tertiary/aromatic N) is 1. The van der Waals surface area contributed by atoms with E-state index >= 15 is 0 Å². The van der Waals surface area contributed by atoms with E-state index in [1.807, 2.05) is 0 Å². The summed E-state index contributed by atoms with van der Waals surface area (Å²) in [6.45, 7) is 5.14. The average Bonchev–Trinajstić information content (AvgIpc) is 2.75. The summed E-state index contributed by atoms with van der Waals surface area (Å²) in [7, 11) is 1.42. The van der Waals surface area contributed by atoms with E-state index in [4.69, 9.17) is 4.74 Å². The molecular weight excluding hydrogens is 293 g/mol. The first-order chi connectivity index (χ1) is 10.5. The smallest absolute Gasteiger partial charge is 0.416 e. The zero-order chi connectivity index (χ0) is 16.0. The van der Waals surface area contributed by atoms with E-state index in [2.05, 4.69) is 10.2 Å². The maximum Gasteiger partial charge on any atom is 0.416 e. The summed E-state index contributed by atoms with van der Waals surface area (Å²) in [5, 5.41) is 3.36. The lowest BCUT2D eigenvalue weighted by atomic mass is 10.1. The molecule has 1 saturated heterocycles. The van der Waals surface area contributed by atoms with E-state index in [9.17, 15) is 13.2 Å². The normalized spacial score (nSPS) is 17.3. The summed E-state index contributed by atoms with van der Waals surface area (Å²) < 4.78 is 43.2. The highest BCUT2D eigenvalue weighted by Crippen LogP contribution is 2.33. The molecule has 1 aliphatic rings. The quantitative estimate of drug-likeness (QED) is 0.904. The van der Waals surface area contributed by atoms with Crippen LogP contribution in [0, 0.1) is 0 Å². The Balaban J connectivity index is 1.91. The van der Waals surface area contributed by atoms with E-state index in [0.717, 1.165) is 69.7 Å². The number of halogens is 3. The number of hydrogen-bond acceptors (Lipinski definition) is 3. The van der Waals surface area contributed by atoms with Crippen molar-refractivity contribution < 1.29 is 17.9 Å². The predicted octanol–water partition coefficient (Wildman–Crippen LogP) is 2.94. The lowest BCUT2D eigenvalue weighted by molar-refractivity contribution is -0.137. The molecule has 1 heterocycles. The van der Waals surface area contributed by atoms with E-state index in [0.29, 0.717) is 5.75 Å². The van der Waals surface area contributed by atoms with Crippen LogP contribution in [0.4, 0.5) is 13.2 Å². The second-order valence-electron chi connectivity index (χ2n) is 5.57. The van der Waals surface area contributed by atoms with Gasteiger partial charge in [0.1, 0.15) is 5.75 Å². The first-order valence-electron chi connectivity index (χ1n) is 7.68. The minimum Gasteiger partial charge on any atom is -0.496 e. The van der Waals surface area contributed by atoms with Crippen LogP contribution in [0.3, 0.4) is 0 Å². The van der Waals surface area contributed by atoms with Crippen LogP contribution in [-0.2, 0) is 12.6 Å². The molecule has 0 saturated carbocycles. The minimum absolute atomic E-state index is 0.326. The fraction of sp³-hybridized carbons (Fsp3) is 0.625. The molecule has 1 aromatic rings. The summed E-state index contributed by atoms with van der Waals surface area (Å²) in [5.41, 5.74) is 0.176. The van der Waals surface area contributed by atoms with Gasteiger partial charge in [-0.2, -0.15) is 13.2 Å². The average molecular weight is 316 g/mol. The Bertz CT molecular complexity index is 469. The number of hydrogen-bond donors (Lipinski definition) is 1. The number of rotatable bonds is 5. The van der Waals surface area contributed by atoms with E-state index in [1.165, 1.54) is 13.2 Å². The predicted molar refractivity (Wildman–Crippen MR) is 80.2 cm³/mol. The van der Waals surface area contributed by atoms with Gasteiger partial charge in [-0.3, -0.25) is 0 Å². The van der Waals surface area contributed by atoms with Gasteiger partial charge in [0.05, 0.1) is 12.7 Å². The molecule has 1 fully saturated rings. The largest absolute Gasteiger partial charge is 0.496 e. The topological polar surface area (TPSA) is 24.5 Å². The van der Waals surface area contributed by atoms with Gasteiger partial charge in [0, 0.05) is 13.1 Å². The third-order valence-electron chi connectivity index (χ3n) is 3.97. The summed E-state index contributed by atoms with van der Waals surface area (Å²) in [4.78, 5) is 2.40. The summed E-state index contributed by atoms with van der Waals surface area (Å²) in [5.74, 6) is 0.326. The van der Waals surface area contributed by atoms with Gasteiger partial charge in [0.15, 0.2) is 0 Å². The molecule has 3 nitrogen and oxygen atoms in total. The Morgan fingerprint density at radius 2 is 2.05 bits per heavy atom. The van der Waals surface area contributed by atoms with Gasteiger partial charge in [-0.25, -0.2) is 0 Å². The van der Waals surface area contributed by atoms with Crippen molar-refractivity contribution in [3.8, 4) is 5.75 Å². The molecular formula is C16H23F3N2O. The monoisotopic (exact) mass is 316 g/mol. The third kappa shape index (κ3) is 4.88. The van der Waals surface area contributed by atoms with Gasteiger partial charge >= 0.3 is 6.18 Å². The molecule has 0 amide bonds. The first kappa shape index (κ1) is 17.1. The van der Waals surface area contributed by atoms with Crippen molar-refractivity contribution in [2.24, 2.45) is 0 Å². The molecule has 1 N–H and O–H groups in total. The highest BCUT2D eigenvalue weighted by atomic mass is 19.4. The minimum atomic E-state index is -4.33. The number of methoxy groups -OCH3 is 1. The van der Waals surface area contributed by atoms with Crippen LogP contribution in [0.2, 0.25) is 0 Å². The van der Waals surface area contributed by atoms with Crippen molar-refractivity contribution in [3.63, 3.8) is 0 Å². The Kier molecular flexibility index (Phi) is 6.08. The molecule has 0 aromatic heterocycles. The van der Waals surface area contributed by atoms with Crippen molar-refractivity contribution in [1.29, 1.82) is 0 Å². The van der Waals surface area contributed by atoms with Gasteiger partial charge in [-0.05, 0) is 56.6 Å². The number of nitrogens with one attached hydrogen (secondary N) is 1. The molecule has 0 spiro atoms. The maximum absolute atomic E-state index is 12.7. The van der Waals surface area contributed by atoms with Crippen LogP contribution in [-0.4, -0.2) is 44.7 Å². The molecule has 0 unspecified atom stereocenters. The van der Waals surface area contributed by atoms with Crippen molar-refractivity contribution in [3.05, 3.63) is 29.3 Å². The van der Waals surface area contributed by atoms with Crippen LogP contribution < -0.4 is 10.1 Å². The van der Waals surface area contributed by atoms with Crippen molar-refractivity contribution in [2.45, 2.75) is 25.4 Å².